The lowest BCUT2D eigenvalue weighted by Gasteiger charge is -2.10. The van der Waals surface area contributed by atoms with Crippen molar-refractivity contribution in [3.63, 3.8) is 0 Å². The molecule has 2 rings (SSSR count). The summed E-state index contributed by atoms with van der Waals surface area (Å²) in [6, 6.07) is 9.73. The number of nitrogens with zero attached hydrogens (tertiary/aromatic N) is 3. The smallest absolute Gasteiger partial charge is 0.171 e. The van der Waals surface area contributed by atoms with E-state index in [1.165, 1.54) is 10.9 Å². The minimum Gasteiger partial charge on any atom is -0.389 e. The molecule has 0 saturated carbocycles. The molecule has 0 fully saturated rings. The third-order valence-electron chi connectivity index (χ3n) is 2.50. The number of carbonyl (C=O) groups is 1. The van der Waals surface area contributed by atoms with Crippen LogP contribution in [-0.4, -0.2) is 39.1 Å². The van der Waals surface area contributed by atoms with Gasteiger partial charge >= 0.3 is 0 Å². The van der Waals surface area contributed by atoms with Crippen molar-refractivity contribution in [1.82, 2.24) is 15.0 Å². The van der Waals surface area contributed by atoms with E-state index >= 15 is 0 Å². The number of ether oxygens (including phenoxy) is 1. The highest BCUT2D eigenvalue weighted by Crippen LogP contribution is 2.01. The van der Waals surface area contributed by atoms with E-state index in [0.29, 0.717) is 12.9 Å². The predicted octanol–water partition coefficient (Wildman–Crippen LogP) is 0.668. The molecule has 19 heavy (non-hydrogen) atoms. The van der Waals surface area contributed by atoms with E-state index in [4.69, 9.17) is 4.74 Å². The molecular weight excluding hydrogens is 246 g/mol. The number of hydrogen-bond donors (Lipinski definition) is 1. The largest absolute Gasteiger partial charge is 0.389 e. The van der Waals surface area contributed by atoms with Gasteiger partial charge in [-0.05, 0) is 5.56 Å². The molecule has 0 amide bonds. The minimum absolute atomic E-state index is 0.200. The number of benzene rings is 1. The molecule has 0 bridgehead atoms. The van der Waals surface area contributed by atoms with Crippen LogP contribution in [0.1, 0.15) is 16.1 Å². The summed E-state index contributed by atoms with van der Waals surface area (Å²) in [5.74, 6) is 0. The van der Waals surface area contributed by atoms with Crippen LogP contribution in [0.3, 0.4) is 0 Å². The third kappa shape index (κ3) is 4.27. The molecule has 1 heterocycles. The molecule has 100 valence electrons. The van der Waals surface area contributed by atoms with Gasteiger partial charge in [-0.2, -0.15) is 0 Å². The van der Waals surface area contributed by atoms with Crippen molar-refractivity contribution in [2.24, 2.45) is 0 Å². The van der Waals surface area contributed by atoms with Crippen molar-refractivity contribution in [1.29, 1.82) is 0 Å². The van der Waals surface area contributed by atoms with E-state index in [9.17, 15) is 9.90 Å². The van der Waals surface area contributed by atoms with E-state index in [1.807, 2.05) is 30.3 Å². The molecule has 0 aliphatic rings. The van der Waals surface area contributed by atoms with Gasteiger partial charge in [0.1, 0.15) is 5.69 Å². The summed E-state index contributed by atoms with van der Waals surface area (Å²) in [4.78, 5) is 10.4. The Bertz CT molecular complexity index is 513. The van der Waals surface area contributed by atoms with Crippen LogP contribution < -0.4 is 0 Å². The Morgan fingerprint density at radius 2 is 2.16 bits per heavy atom. The Hall–Kier alpha value is -2.05. The Labute approximate surface area is 110 Å². The number of carbonyl (C=O) groups excluding carboxylic acids is 1. The quantitative estimate of drug-likeness (QED) is 0.741. The average Bonchev–Trinajstić information content (AvgIpc) is 2.87. The number of aldehydes is 1. The van der Waals surface area contributed by atoms with Gasteiger partial charge in [-0.25, -0.2) is 4.68 Å². The van der Waals surface area contributed by atoms with Crippen molar-refractivity contribution in [3.05, 3.63) is 47.8 Å². The van der Waals surface area contributed by atoms with Gasteiger partial charge in [-0.1, -0.05) is 35.5 Å². The molecule has 1 N–H and O–H groups in total. The van der Waals surface area contributed by atoms with Gasteiger partial charge in [0.2, 0.25) is 0 Å². The van der Waals surface area contributed by atoms with Crippen molar-refractivity contribution in [2.75, 3.05) is 6.61 Å². The lowest BCUT2D eigenvalue weighted by atomic mass is 10.2. The number of rotatable bonds is 7. The monoisotopic (exact) mass is 261 g/mol. The highest BCUT2D eigenvalue weighted by molar-refractivity contribution is 5.70. The summed E-state index contributed by atoms with van der Waals surface area (Å²) in [7, 11) is 0. The zero-order valence-electron chi connectivity index (χ0n) is 10.3. The summed E-state index contributed by atoms with van der Waals surface area (Å²) in [5.41, 5.74) is 1.30. The molecule has 6 heteroatoms. The summed E-state index contributed by atoms with van der Waals surface area (Å²) < 4.78 is 6.82. The van der Waals surface area contributed by atoms with E-state index in [-0.39, 0.29) is 18.8 Å². The molecule has 1 unspecified atom stereocenters. The number of aliphatic hydroxyl groups excluding tert-OH is 1. The van der Waals surface area contributed by atoms with Gasteiger partial charge in [0.15, 0.2) is 6.29 Å². The van der Waals surface area contributed by atoms with Crippen molar-refractivity contribution in [2.45, 2.75) is 19.3 Å². The fourth-order valence-electron chi connectivity index (χ4n) is 1.61. The van der Waals surface area contributed by atoms with Gasteiger partial charge in [-0.3, -0.25) is 4.79 Å². The summed E-state index contributed by atoms with van der Waals surface area (Å²) in [5, 5.41) is 17.1. The maximum absolute atomic E-state index is 10.4. The zero-order valence-corrected chi connectivity index (χ0v) is 10.3. The van der Waals surface area contributed by atoms with E-state index < -0.39 is 6.10 Å². The molecule has 0 spiro atoms. The second-order valence-corrected chi connectivity index (χ2v) is 4.14. The molecule has 1 atom stereocenters. The highest BCUT2D eigenvalue weighted by Gasteiger charge is 2.07. The van der Waals surface area contributed by atoms with Gasteiger partial charge in [0.25, 0.3) is 0 Å². The number of hydrogen-bond acceptors (Lipinski definition) is 5. The summed E-state index contributed by atoms with van der Waals surface area (Å²) in [6.45, 7) is 0.898. The van der Waals surface area contributed by atoms with Crippen molar-refractivity contribution in [3.8, 4) is 0 Å². The maximum atomic E-state index is 10.4. The third-order valence-corrected chi connectivity index (χ3v) is 2.50. The van der Waals surface area contributed by atoms with Crippen LogP contribution in [0.15, 0.2) is 36.5 Å². The lowest BCUT2D eigenvalue weighted by Crippen LogP contribution is -2.22. The number of aromatic nitrogens is 3. The fraction of sp³-hybridized carbons (Fsp3) is 0.308. The van der Waals surface area contributed by atoms with Crippen LogP contribution in [0.25, 0.3) is 0 Å². The Morgan fingerprint density at radius 1 is 1.37 bits per heavy atom. The van der Waals surface area contributed by atoms with Gasteiger partial charge in [0.05, 0.1) is 32.1 Å². The first kappa shape index (κ1) is 13.4. The Balaban J connectivity index is 1.72. The minimum atomic E-state index is -0.690. The first-order valence-corrected chi connectivity index (χ1v) is 5.93. The Kier molecular flexibility index (Phi) is 4.77. The van der Waals surface area contributed by atoms with Crippen LogP contribution in [-0.2, 0) is 17.9 Å². The predicted molar refractivity (Wildman–Crippen MR) is 67.5 cm³/mol. The van der Waals surface area contributed by atoms with Crippen LogP contribution in [0.2, 0.25) is 0 Å². The molecule has 0 aliphatic heterocycles. The van der Waals surface area contributed by atoms with Gasteiger partial charge in [-0.15, -0.1) is 5.10 Å². The molecule has 6 nitrogen and oxygen atoms in total. The maximum Gasteiger partial charge on any atom is 0.171 e. The SMILES string of the molecule is O=Cc1cn(CC(O)COCc2ccccc2)nn1. The Morgan fingerprint density at radius 3 is 2.84 bits per heavy atom. The number of aliphatic hydroxyl groups is 1. The second-order valence-electron chi connectivity index (χ2n) is 4.14. The van der Waals surface area contributed by atoms with E-state index in [2.05, 4.69) is 10.3 Å². The van der Waals surface area contributed by atoms with Crippen LogP contribution >= 0.6 is 0 Å². The molecule has 0 radical (unpaired) electrons. The lowest BCUT2D eigenvalue weighted by molar-refractivity contribution is 0.0185. The van der Waals surface area contributed by atoms with Crippen LogP contribution in [0, 0.1) is 0 Å². The van der Waals surface area contributed by atoms with Crippen LogP contribution in [0.5, 0.6) is 0 Å². The van der Waals surface area contributed by atoms with E-state index in [1.54, 1.807) is 0 Å². The fourth-order valence-corrected chi connectivity index (χ4v) is 1.61. The van der Waals surface area contributed by atoms with Crippen molar-refractivity contribution < 1.29 is 14.6 Å². The standard InChI is InChI=1S/C13H15N3O3/c17-8-12-6-16(15-14-12)7-13(18)10-19-9-11-4-2-1-3-5-11/h1-6,8,13,18H,7,9-10H2. The highest BCUT2D eigenvalue weighted by atomic mass is 16.5. The first-order valence-electron chi connectivity index (χ1n) is 5.93. The molecule has 0 aliphatic carbocycles. The molecule has 1 aromatic heterocycles. The average molecular weight is 261 g/mol. The normalized spacial score (nSPS) is 12.3. The summed E-state index contributed by atoms with van der Waals surface area (Å²) in [6.07, 6.45) is 1.40. The second kappa shape index (κ2) is 6.77. The van der Waals surface area contributed by atoms with Gasteiger partial charge < -0.3 is 9.84 Å². The molecule has 1 aromatic carbocycles. The summed E-state index contributed by atoms with van der Waals surface area (Å²) >= 11 is 0. The van der Waals surface area contributed by atoms with E-state index in [0.717, 1.165) is 5.56 Å². The molecule has 0 saturated heterocycles. The molecular formula is C13H15N3O3. The topological polar surface area (TPSA) is 77.2 Å². The zero-order chi connectivity index (χ0) is 13.5. The molecule has 2 aromatic rings. The van der Waals surface area contributed by atoms with Gasteiger partial charge in [0, 0.05) is 0 Å². The van der Waals surface area contributed by atoms with Crippen LogP contribution in [0.4, 0.5) is 0 Å². The first-order chi connectivity index (χ1) is 9.28. The van der Waals surface area contributed by atoms with Crippen molar-refractivity contribution >= 4 is 6.29 Å².